The molecule has 1 heterocycles. The lowest BCUT2D eigenvalue weighted by atomic mass is 9.88. The molecule has 0 fully saturated rings. The van der Waals surface area contributed by atoms with Gasteiger partial charge in [0.1, 0.15) is 18.1 Å². The average molecular weight is 273 g/mol. The van der Waals surface area contributed by atoms with Gasteiger partial charge in [-0.25, -0.2) is 0 Å². The Morgan fingerprint density at radius 2 is 1.74 bits per heavy atom. The maximum atomic E-state index is 11.3. The predicted molar refractivity (Wildman–Crippen MR) is 74.7 cm³/mol. The van der Waals surface area contributed by atoms with Gasteiger partial charge in [0.05, 0.1) is 0 Å². The molecule has 96 valence electrons. The maximum absolute atomic E-state index is 11.3. The first-order valence-corrected chi connectivity index (χ1v) is 6.62. The number of benzene rings is 2. The van der Waals surface area contributed by atoms with Gasteiger partial charge >= 0.3 is 0 Å². The van der Waals surface area contributed by atoms with Crippen LogP contribution < -0.4 is 4.74 Å². The minimum Gasteiger partial charge on any atom is -0.485 e. The molecule has 19 heavy (non-hydrogen) atoms. The molecule has 0 spiro atoms. The molecule has 0 N–H and O–H groups in total. The molecular weight excluding hydrogens is 260 g/mol. The normalized spacial score (nSPS) is 21.3. The van der Waals surface area contributed by atoms with E-state index in [2.05, 4.69) is 0 Å². The highest BCUT2D eigenvalue weighted by atomic mass is 35.5. The molecule has 0 aromatic heterocycles. The van der Waals surface area contributed by atoms with E-state index in [0.29, 0.717) is 11.4 Å². The third-order valence-electron chi connectivity index (χ3n) is 3.47. The van der Waals surface area contributed by atoms with E-state index in [1.807, 2.05) is 48.5 Å². The van der Waals surface area contributed by atoms with E-state index < -0.39 is 0 Å². The molecule has 0 bridgehead atoms. The van der Waals surface area contributed by atoms with Crippen LogP contribution in [-0.2, 0) is 4.79 Å². The fraction of sp³-hybridized carbons (Fsp3) is 0.188. The Labute approximate surface area is 117 Å². The summed E-state index contributed by atoms with van der Waals surface area (Å²) < 4.78 is 5.99. The van der Waals surface area contributed by atoms with Crippen molar-refractivity contribution >= 4 is 17.9 Å². The summed E-state index contributed by atoms with van der Waals surface area (Å²) in [6.07, 6.45) is 1.45. The molecule has 2 aromatic rings. The summed E-state index contributed by atoms with van der Waals surface area (Å²) in [5, 5.41) is 0.677. The Morgan fingerprint density at radius 1 is 1.05 bits per heavy atom. The average Bonchev–Trinajstić information content (AvgIpc) is 2.46. The third kappa shape index (κ3) is 2.24. The number of aldehydes is 1. The number of carbonyl (C=O) groups excluding carboxylic acids is 1. The highest BCUT2D eigenvalue weighted by Crippen LogP contribution is 2.42. The van der Waals surface area contributed by atoms with Crippen LogP contribution in [0.15, 0.2) is 48.5 Å². The highest BCUT2D eigenvalue weighted by molar-refractivity contribution is 6.31. The van der Waals surface area contributed by atoms with Crippen LogP contribution in [0.1, 0.15) is 29.6 Å². The zero-order valence-corrected chi connectivity index (χ0v) is 11.0. The fourth-order valence-electron chi connectivity index (χ4n) is 2.51. The highest BCUT2D eigenvalue weighted by Gasteiger charge is 2.29. The Morgan fingerprint density at radius 3 is 2.47 bits per heavy atom. The lowest BCUT2D eigenvalue weighted by Crippen LogP contribution is -2.20. The number of hydrogen-bond donors (Lipinski definition) is 0. The van der Waals surface area contributed by atoms with Gasteiger partial charge in [-0.3, -0.25) is 0 Å². The summed E-state index contributed by atoms with van der Waals surface area (Å²) >= 11 is 6.21. The van der Waals surface area contributed by atoms with Gasteiger partial charge in [-0.05, 0) is 12.1 Å². The molecule has 2 unspecified atom stereocenters. The molecular formula is C16H13ClO2. The van der Waals surface area contributed by atoms with Crippen LogP contribution >= 0.6 is 11.6 Å². The first kappa shape index (κ1) is 12.2. The Bertz CT molecular complexity index is 609. The monoisotopic (exact) mass is 272 g/mol. The van der Waals surface area contributed by atoms with Crippen molar-refractivity contribution in [3.8, 4) is 5.75 Å². The van der Waals surface area contributed by atoms with E-state index >= 15 is 0 Å². The second-order valence-corrected chi connectivity index (χ2v) is 5.05. The van der Waals surface area contributed by atoms with E-state index in [4.69, 9.17) is 16.3 Å². The molecule has 2 atom stereocenters. The number of halogens is 1. The second kappa shape index (κ2) is 5.06. The lowest BCUT2D eigenvalue weighted by Gasteiger charge is -2.30. The van der Waals surface area contributed by atoms with Gasteiger partial charge in [-0.15, -0.1) is 0 Å². The fourth-order valence-corrected chi connectivity index (χ4v) is 2.77. The van der Waals surface area contributed by atoms with Gasteiger partial charge in [-0.1, -0.05) is 48.0 Å². The minimum absolute atomic E-state index is 0.133. The van der Waals surface area contributed by atoms with Gasteiger partial charge in [0.15, 0.2) is 0 Å². The van der Waals surface area contributed by atoms with E-state index in [1.165, 1.54) is 0 Å². The molecule has 1 aliphatic rings. The second-order valence-electron chi connectivity index (χ2n) is 4.64. The minimum atomic E-state index is -0.168. The first-order valence-electron chi connectivity index (χ1n) is 6.25. The molecule has 1 aliphatic heterocycles. The Kier molecular flexibility index (Phi) is 3.26. The summed E-state index contributed by atoms with van der Waals surface area (Å²) in [6.45, 7) is 0. The number of fused-ring (bicyclic) bond motifs is 1. The van der Waals surface area contributed by atoms with E-state index in [1.54, 1.807) is 0 Å². The quantitative estimate of drug-likeness (QED) is 0.768. The summed E-state index contributed by atoms with van der Waals surface area (Å²) in [5.41, 5.74) is 1.89. The molecule has 2 aromatic carbocycles. The topological polar surface area (TPSA) is 26.3 Å². The van der Waals surface area contributed by atoms with Crippen molar-refractivity contribution in [3.05, 3.63) is 64.7 Å². The standard InChI is InChI=1S/C16H13ClO2/c17-14-7-3-1-6-13(14)16-9-11(10-18)12-5-2-4-8-15(12)19-16/h1-8,10-11,16H,9H2. The van der Waals surface area contributed by atoms with Crippen LogP contribution in [0, 0.1) is 0 Å². The van der Waals surface area contributed by atoms with Crippen molar-refractivity contribution in [2.24, 2.45) is 0 Å². The molecule has 0 saturated carbocycles. The molecule has 2 nitrogen and oxygen atoms in total. The molecule has 0 radical (unpaired) electrons. The van der Waals surface area contributed by atoms with Crippen LogP contribution in [0.4, 0.5) is 0 Å². The Hall–Kier alpha value is -1.80. The molecule has 0 aliphatic carbocycles. The van der Waals surface area contributed by atoms with Crippen LogP contribution in [0.25, 0.3) is 0 Å². The van der Waals surface area contributed by atoms with Crippen molar-refractivity contribution < 1.29 is 9.53 Å². The van der Waals surface area contributed by atoms with Crippen molar-refractivity contribution in [1.82, 2.24) is 0 Å². The van der Waals surface area contributed by atoms with E-state index in [-0.39, 0.29) is 12.0 Å². The zero-order chi connectivity index (χ0) is 13.2. The number of para-hydroxylation sites is 1. The van der Waals surface area contributed by atoms with Crippen molar-refractivity contribution in [3.63, 3.8) is 0 Å². The largest absolute Gasteiger partial charge is 0.485 e. The molecule has 0 saturated heterocycles. The van der Waals surface area contributed by atoms with Crippen LogP contribution in [-0.4, -0.2) is 6.29 Å². The van der Waals surface area contributed by atoms with Crippen molar-refractivity contribution in [1.29, 1.82) is 0 Å². The van der Waals surface area contributed by atoms with E-state index in [9.17, 15) is 4.79 Å². The smallest absolute Gasteiger partial charge is 0.127 e. The summed E-state index contributed by atoms with van der Waals surface area (Å²) in [5.74, 6) is 0.641. The lowest BCUT2D eigenvalue weighted by molar-refractivity contribution is -0.110. The first-order chi connectivity index (χ1) is 9.29. The Balaban J connectivity index is 2.00. The zero-order valence-electron chi connectivity index (χ0n) is 10.3. The van der Waals surface area contributed by atoms with Gasteiger partial charge in [0.25, 0.3) is 0 Å². The SMILES string of the molecule is O=CC1CC(c2ccccc2Cl)Oc2ccccc21. The number of carbonyl (C=O) groups is 1. The number of hydrogen-bond acceptors (Lipinski definition) is 2. The van der Waals surface area contributed by atoms with Crippen LogP contribution in [0.2, 0.25) is 5.02 Å². The number of ether oxygens (including phenoxy) is 1. The van der Waals surface area contributed by atoms with E-state index in [0.717, 1.165) is 23.2 Å². The summed E-state index contributed by atoms with van der Waals surface area (Å²) in [7, 11) is 0. The predicted octanol–water partition coefficient (Wildman–Crippen LogP) is 4.15. The maximum Gasteiger partial charge on any atom is 0.127 e. The van der Waals surface area contributed by atoms with Crippen molar-refractivity contribution in [2.45, 2.75) is 18.4 Å². The van der Waals surface area contributed by atoms with Gasteiger partial charge < -0.3 is 9.53 Å². The summed E-state index contributed by atoms with van der Waals surface area (Å²) in [4.78, 5) is 11.3. The van der Waals surface area contributed by atoms with Gasteiger partial charge in [0, 0.05) is 28.5 Å². The molecule has 3 rings (SSSR count). The summed E-state index contributed by atoms with van der Waals surface area (Å²) in [6, 6.07) is 15.3. The molecule has 0 amide bonds. The number of rotatable bonds is 2. The third-order valence-corrected chi connectivity index (χ3v) is 3.82. The molecule has 3 heteroatoms. The van der Waals surface area contributed by atoms with Gasteiger partial charge in [0.2, 0.25) is 0 Å². The van der Waals surface area contributed by atoms with Crippen LogP contribution in [0.3, 0.4) is 0 Å². The van der Waals surface area contributed by atoms with Crippen LogP contribution in [0.5, 0.6) is 5.75 Å². The van der Waals surface area contributed by atoms with Crippen molar-refractivity contribution in [2.75, 3.05) is 0 Å². The van der Waals surface area contributed by atoms with Gasteiger partial charge in [-0.2, -0.15) is 0 Å².